The van der Waals surface area contributed by atoms with Crippen LogP contribution in [0, 0.1) is 0 Å². The SMILES string of the molecule is CCCOC(=O)c1cccc(COC(C)CN)c1. The Morgan fingerprint density at radius 1 is 1.44 bits per heavy atom. The number of hydrogen-bond donors (Lipinski definition) is 1. The molecule has 18 heavy (non-hydrogen) atoms. The van der Waals surface area contributed by atoms with Crippen LogP contribution < -0.4 is 5.73 Å². The monoisotopic (exact) mass is 251 g/mol. The molecular formula is C14H21NO3. The third-order valence-electron chi connectivity index (χ3n) is 2.47. The smallest absolute Gasteiger partial charge is 0.338 e. The van der Waals surface area contributed by atoms with Crippen LogP contribution in [0.3, 0.4) is 0 Å². The van der Waals surface area contributed by atoms with Gasteiger partial charge in [0.25, 0.3) is 0 Å². The normalized spacial score (nSPS) is 12.2. The first-order valence-corrected chi connectivity index (χ1v) is 6.25. The molecule has 4 nitrogen and oxygen atoms in total. The van der Waals surface area contributed by atoms with Crippen LogP contribution in [0.1, 0.15) is 36.2 Å². The van der Waals surface area contributed by atoms with Crippen LogP contribution >= 0.6 is 0 Å². The van der Waals surface area contributed by atoms with Gasteiger partial charge in [0.2, 0.25) is 0 Å². The van der Waals surface area contributed by atoms with Gasteiger partial charge in [-0.2, -0.15) is 0 Å². The van der Waals surface area contributed by atoms with Gasteiger partial charge >= 0.3 is 5.97 Å². The van der Waals surface area contributed by atoms with Gasteiger partial charge < -0.3 is 15.2 Å². The molecule has 0 spiro atoms. The maximum atomic E-state index is 11.7. The minimum absolute atomic E-state index is 0.0145. The summed E-state index contributed by atoms with van der Waals surface area (Å²) in [4.78, 5) is 11.7. The predicted octanol–water partition coefficient (Wildman–Crippen LogP) is 2.12. The minimum Gasteiger partial charge on any atom is -0.462 e. The minimum atomic E-state index is -0.287. The van der Waals surface area contributed by atoms with Gasteiger partial charge in [-0.05, 0) is 31.0 Å². The van der Waals surface area contributed by atoms with Crippen LogP contribution in [0.25, 0.3) is 0 Å². The van der Waals surface area contributed by atoms with E-state index in [9.17, 15) is 4.79 Å². The van der Waals surface area contributed by atoms with Crippen molar-refractivity contribution in [2.24, 2.45) is 5.73 Å². The number of carbonyl (C=O) groups is 1. The third kappa shape index (κ3) is 4.85. The van der Waals surface area contributed by atoms with Gasteiger partial charge in [-0.3, -0.25) is 0 Å². The van der Waals surface area contributed by atoms with E-state index in [4.69, 9.17) is 15.2 Å². The van der Waals surface area contributed by atoms with Gasteiger partial charge in [-0.15, -0.1) is 0 Å². The Labute approximate surface area is 108 Å². The summed E-state index contributed by atoms with van der Waals surface area (Å²) in [6.45, 7) is 5.26. The van der Waals surface area contributed by atoms with E-state index in [2.05, 4.69) is 0 Å². The van der Waals surface area contributed by atoms with Crippen molar-refractivity contribution in [1.82, 2.24) is 0 Å². The highest BCUT2D eigenvalue weighted by atomic mass is 16.5. The number of hydrogen-bond acceptors (Lipinski definition) is 4. The fourth-order valence-corrected chi connectivity index (χ4v) is 1.37. The molecule has 0 aliphatic rings. The molecule has 1 rings (SSSR count). The Morgan fingerprint density at radius 3 is 2.89 bits per heavy atom. The molecular weight excluding hydrogens is 230 g/mol. The molecule has 0 fully saturated rings. The first-order chi connectivity index (χ1) is 8.67. The van der Waals surface area contributed by atoms with E-state index < -0.39 is 0 Å². The molecule has 1 aromatic rings. The molecule has 0 aromatic heterocycles. The van der Waals surface area contributed by atoms with Crippen molar-refractivity contribution in [2.45, 2.75) is 33.0 Å². The highest BCUT2D eigenvalue weighted by Crippen LogP contribution is 2.09. The molecule has 0 saturated heterocycles. The molecule has 0 radical (unpaired) electrons. The zero-order chi connectivity index (χ0) is 13.4. The standard InChI is InChI=1S/C14H21NO3/c1-3-7-17-14(16)13-6-4-5-12(8-13)10-18-11(2)9-15/h4-6,8,11H,3,7,9-10,15H2,1-2H3. The van der Waals surface area contributed by atoms with E-state index in [0.717, 1.165) is 12.0 Å². The Balaban J connectivity index is 2.58. The molecule has 0 heterocycles. The molecule has 1 aromatic carbocycles. The molecule has 1 atom stereocenters. The second-order valence-corrected chi connectivity index (χ2v) is 4.19. The molecule has 4 heteroatoms. The molecule has 2 N–H and O–H groups in total. The van der Waals surface area contributed by atoms with Gasteiger partial charge in [-0.25, -0.2) is 4.79 Å². The summed E-state index contributed by atoms with van der Waals surface area (Å²) < 4.78 is 10.6. The second-order valence-electron chi connectivity index (χ2n) is 4.19. The summed E-state index contributed by atoms with van der Waals surface area (Å²) in [5, 5.41) is 0. The number of nitrogens with two attached hydrogens (primary N) is 1. The number of ether oxygens (including phenoxy) is 2. The molecule has 0 aliphatic heterocycles. The lowest BCUT2D eigenvalue weighted by Crippen LogP contribution is -2.19. The van der Waals surface area contributed by atoms with Crippen molar-refractivity contribution in [3.63, 3.8) is 0 Å². The zero-order valence-corrected chi connectivity index (χ0v) is 11.0. The first-order valence-electron chi connectivity index (χ1n) is 6.25. The summed E-state index contributed by atoms with van der Waals surface area (Å²) in [6.07, 6.45) is 0.837. The molecule has 1 unspecified atom stereocenters. The zero-order valence-electron chi connectivity index (χ0n) is 11.0. The van der Waals surface area contributed by atoms with E-state index >= 15 is 0 Å². The Hall–Kier alpha value is -1.39. The largest absolute Gasteiger partial charge is 0.462 e. The Kier molecular flexibility index (Phi) is 6.39. The number of benzene rings is 1. The van der Waals surface area contributed by atoms with Crippen molar-refractivity contribution < 1.29 is 14.3 Å². The van der Waals surface area contributed by atoms with Gasteiger partial charge in [0.15, 0.2) is 0 Å². The summed E-state index contributed by atoms with van der Waals surface area (Å²) in [5.74, 6) is -0.287. The van der Waals surface area contributed by atoms with Crippen molar-refractivity contribution in [3.8, 4) is 0 Å². The Bertz CT molecular complexity index is 379. The molecule has 0 bridgehead atoms. The van der Waals surface area contributed by atoms with Crippen molar-refractivity contribution in [2.75, 3.05) is 13.2 Å². The average Bonchev–Trinajstić information content (AvgIpc) is 2.42. The fraction of sp³-hybridized carbons (Fsp3) is 0.500. The lowest BCUT2D eigenvalue weighted by molar-refractivity contribution is 0.0502. The van der Waals surface area contributed by atoms with E-state index in [0.29, 0.717) is 25.3 Å². The average molecular weight is 251 g/mol. The van der Waals surface area contributed by atoms with Crippen molar-refractivity contribution >= 4 is 5.97 Å². The predicted molar refractivity (Wildman–Crippen MR) is 70.3 cm³/mol. The van der Waals surface area contributed by atoms with Gasteiger partial charge in [0.05, 0.1) is 24.9 Å². The van der Waals surface area contributed by atoms with Crippen LogP contribution in [0.4, 0.5) is 0 Å². The summed E-state index contributed by atoms with van der Waals surface area (Å²) in [7, 11) is 0. The van der Waals surface area contributed by atoms with Crippen LogP contribution in [-0.2, 0) is 16.1 Å². The molecule has 0 aliphatic carbocycles. The van der Waals surface area contributed by atoms with Crippen molar-refractivity contribution in [1.29, 1.82) is 0 Å². The van der Waals surface area contributed by atoms with Crippen LogP contribution in [0.2, 0.25) is 0 Å². The molecule has 100 valence electrons. The molecule has 0 amide bonds. The fourth-order valence-electron chi connectivity index (χ4n) is 1.37. The van der Waals surface area contributed by atoms with E-state index in [-0.39, 0.29) is 12.1 Å². The molecule has 0 saturated carbocycles. The summed E-state index contributed by atoms with van der Waals surface area (Å²) in [6, 6.07) is 7.28. The second kappa shape index (κ2) is 7.84. The van der Waals surface area contributed by atoms with E-state index in [1.807, 2.05) is 26.0 Å². The van der Waals surface area contributed by atoms with Crippen LogP contribution in [-0.4, -0.2) is 25.2 Å². The van der Waals surface area contributed by atoms with Gasteiger partial charge in [0, 0.05) is 6.54 Å². The topological polar surface area (TPSA) is 61.5 Å². The van der Waals surface area contributed by atoms with Gasteiger partial charge in [-0.1, -0.05) is 19.1 Å². The lowest BCUT2D eigenvalue weighted by atomic mass is 10.1. The van der Waals surface area contributed by atoms with E-state index in [1.165, 1.54) is 0 Å². The maximum absolute atomic E-state index is 11.7. The highest BCUT2D eigenvalue weighted by Gasteiger charge is 2.07. The van der Waals surface area contributed by atoms with Crippen LogP contribution in [0.15, 0.2) is 24.3 Å². The quantitative estimate of drug-likeness (QED) is 0.754. The maximum Gasteiger partial charge on any atom is 0.338 e. The highest BCUT2D eigenvalue weighted by molar-refractivity contribution is 5.89. The van der Waals surface area contributed by atoms with Crippen molar-refractivity contribution in [3.05, 3.63) is 35.4 Å². The third-order valence-corrected chi connectivity index (χ3v) is 2.47. The number of carbonyl (C=O) groups excluding carboxylic acids is 1. The number of esters is 1. The van der Waals surface area contributed by atoms with Crippen LogP contribution in [0.5, 0.6) is 0 Å². The Morgan fingerprint density at radius 2 is 2.22 bits per heavy atom. The lowest BCUT2D eigenvalue weighted by Gasteiger charge is -2.11. The van der Waals surface area contributed by atoms with Gasteiger partial charge in [0.1, 0.15) is 0 Å². The van der Waals surface area contributed by atoms with E-state index in [1.54, 1.807) is 12.1 Å². The summed E-state index contributed by atoms with van der Waals surface area (Å²) in [5.41, 5.74) is 6.98. The first kappa shape index (κ1) is 14.7. The number of rotatable bonds is 7. The summed E-state index contributed by atoms with van der Waals surface area (Å²) >= 11 is 0.